The van der Waals surface area contributed by atoms with Crippen molar-refractivity contribution in [3.05, 3.63) is 28.0 Å². The highest BCUT2D eigenvalue weighted by Gasteiger charge is 2.23. The van der Waals surface area contributed by atoms with Gasteiger partial charge in [-0.15, -0.1) is 0 Å². The van der Waals surface area contributed by atoms with Gasteiger partial charge >= 0.3 is 0 Å². The van der Waals surface area contributed by atoms with Crippen LogP contribution in [-0.2, 0) is 4.79 Å². The first-order valence-corrected chi connectivity index (χ1v) is 6.21. The van der Waals surface area contributed by atoms with Gasteiger partial charge in [-0.2, -0.15) is 0 Å². The Hall–Kier alpha value is -1.33. The summed E-state index contributed by atoms with van der Waals surface area (Å²) in [5, 5.41) is 5.52. The van der Waals surface area contributed by atoms with Crippen LogP contribution in [-0.4, -0.2) is 29.4 Å². The minimum absolute atomic E-state index is 0.0626. The van der Waals surface area contributed by atoms with Crippen LogP contribution in [0.1, 0.15) is 23.2 Å². The Bertz CT molecular complexity index is 469. The molecule has 18 heavy (non-hydrogen) atoms. The SMILES string of the molecule is O=C(CNC(=O)c1cc(Cl)nc(Cl)c1)NC1CC1. The fraction of sp³-hybridized carbons (Fsp3) is 0.364. The van der Waals surface area contributed by atoms with Crippen LogP contribution in [0.5, 0.6) is 0 Å². The van der Waals surface area contributed by atoms with Crippen LogP contribution < -0.4 is 10.6 Å². The molecule has 0 bridgehead atoms. The van der Waals surface area contributed by atoms with E-state index in [2.05, 4.69) is 15.6 Å². The first kappa shape index (κ1) is 13.1. The first-order valence-electron chi connectivity index (χ1n) is 5.45. The summed E-state index contributed by atoms with van der Waals surface area (Å²) in [6, 6.07) is 3.06. The number of rotatable bonds is 4. The zero-order valence-electron chi connectivity index (χ0n) is 9.37. The minimum Gasteiger partial charge on any atom is -0.352 e. The molecule has 0 atom stereocenters. The van der Waals surface area contributed by atoms with Gasteiger partial charge in [0.2, 0.25) is 5.91 Å². The molecule has 7 heteroatoms. The molecule has 1 aromatic heterocycles. The molecule has 1 saturated carbocycles. The van der Waals surface area contributed by atoms with Gasteiger partial charge in [-0.3, -0.25) is 9.59 Å². The van der Waals surface area contributed by atoms with Crippen molar-refractivity contribution in [1.82, 2.24) is 15.6 Å². The number of nitrogens with zero attached hydrogens (tertiary/aromatic N) is 1. The van der Waals surface area contributed by atoms with E-state index in [0.29, 0.717) is 0 Å². The molecule has 0 aliphatic heterocycles. The van der Waals surface area contributed by atoms with Crippen molar-refractivity contribution in [3.8, 4) is 0 Å². The molecule has 0 unspecified atom stereocenters. The van der Waals surface area contributed by atoms with Gasteiger partial charge in [0.1, 0.15) is 10.3 Å². The van der Waals surface area contributed by atoms with Gasteiger partial charge in [-0.25, -0.2) is 4.98 Å². The predicted octanol–water partition coefficient (Wildman–Crippen LogP) is 1.40. The summed E-state index contributed by atoms with van der Waals surface area (Å²) in [5.74, 6) is -0.607. The lowest BCUT2D eigenvalue weighted by Gasteiger charge is -2.06. The maximum absolute atomic E-state index is 11.7. The molecule has 5 nitrogen and oxygen atoms in total. The largest absolute Gasteiger partial charge is 0.352 e. The Kier molecular flexibility index (Phi) is 4.04. The number of carbonyl (C=O) groups excluding carboxylic acids is 2. The van der Waals surface area contributed by atoms with Crippen molar-refractivity contribution >= 4 is 35.0 Å². The van der Waals surface area contributed by atoms with Crippen molar-refractivity contribution in [2.24, 2.45) is 0 Å². The van der Waals surface area contributed by atoms with Crippen LogP contribution in [0.3, 0.4) is 0 Å². The van der Waals surface area contributed by atoms with Crippen LogP contribution in [0, 0.1) is 0 Å². The molecule has 1 aliphatic carbocycles. The Labute approximate surface area is 114 Å². The summed E-state index contributed by atoms with van der Waals surface area (Å²) in [7, 11) is 0. The van der Waals surface area contributed by atoms with E-state index >= 15 is 0 Å². The highest BCUT2D eigenvalue weighted by atomic mass is 35.5. The highest BCUT2D eigenvalue weighted by Crippen LogP contribution is 2.18. The summed E-state index contributed by atoms with van der Waals surface area (Å²) in [6.07, 6.45) is 2.02. The highest BCUT2D eigenvalue weighted by molar-refractivity contribution is 6.33. The number of hydrogen-bond acceptors (Lipinski definition) is 3. The standard InChI is InChI=1S/C11H11Cl2N3O2/c12-8-3-6(4-9(13)16-8)11(18)14-5-10(17)15-7-1-2-7/h3-4,7H,1-2,5H2,(H,14,18)(H,15,17). The molecule has 2 amide bonds. The van der Waals surface area contributed by atoms with Crippen LogP contribution in [0.2, 0.25) is 10.3 Å². The van der Waals surface area contributed by atoms with E-state index in [-0.39, 0.29) is 34.4 Å². The van der Waals surface area contributed by atoms with E-state index in [4.69, 9.17) is 23.2 Å². The summed E-state index contributed by atoms with van der Waals surface area (Å²) in [4.78, 5) is 26.8. The van der Waals surface area contributed by atoms with Gasteiger partial charge in [-0.05, 0) is 25.0 Å². The third kappa shape index (κ3) is 3.85. The van der Waals surface area contributed by atoms with Crippen LogP contribution >= 0.6 is 23.2 Å². The zero-order valence-corrected chi connectivity index (χ0v) is 10.9. The Morgan fingerprint density at radius 3 is 2.44 bits per heavy atom. The molecule has 96 valence electrons. The maximum Gasteiger partial charge on any atom is 0.251 e. The number of amides is 2. The molecular formula is C11H11Cl2N3O2. The number of halogens is 2. The third-order valence-electron chi connectivity index (χ3n) is 2.38. The van der Waals surface area contributed by atoms with Crippen molar-refractivity contribution < 1.29 is 9.59 Å². The quantitative estimate of drug-likeness (QED) is 0.823. The van der Waals surface area contributed by atoms with Crippen molar-refractivity contribution in [2.45, 2.75) is 18.9 Å². The lowest BCUT2D eigenvalue weighted by atomic mass is 10.2. The zero-order chi connectivity index (χ0) is 13.1. The fourth-order valence-corrected chi connectivity index (χ4v) is 1.83. The predicted molar refractivity (Wildman–Crippen MR) is 67.8 cm³/mol. The monoisotopic (exact) mass is 287 g/mol. The molecule has 0 saturated heterocycles. The number of aromatic nitrogens is 1. The second kappa shape index (κ2) is 5.54. The van der Waals surface area contributed by atoms with Gasteiger partial charge in [0.25, 0.3) is 5.91 Å². The second-order valence-electron chi connectivity index (χ2n) is 4.03. The summed E-state index contributed by atoms with van der Waals surface area (Å²) in [5.41, 5.74) is 0.277. The lowest BCUT2D eigenvalue weighted by molar-refractivity contribution is -0.120. The van der Waals surface area contributed by atoms with Gasteiger partial charge in [0.05, 0.1) is 6.54 Å². The smallest absolute Gasteiger partial charge is 0.251 e. The molecule has 0 radical (unpaired) electrons. The third-order valence-corrected chi connectivity index (χ3v) is 2.76. The summed E-state index contributed by atoms with van der Waals surface area (Å²) in [6.45, 7) is -0.0626. The number of hydrogen-bond donors (Lipinski definition) is 2. The van der Waals surface area contributed by atoms with Crippen molar-refractivity contribution in [3.63, 3.8) is 0 Å². The van der Waals surface area contributed by atoms with Crippen molar-refractivity contribution in [1.29, 1.82) is 0 Å². The van der Waals surface area contributed by atoms with E-state index in [1.165, 1.54) is 12.1 Å². The number of pyridine rings is 1. The number of nitrogens with one attached hydrogen (secondary N) is 2. The van der Waals surface area contributed by atoms with E-state index in [9.17, 15) is 9.59 Å². The van der Waals surface area contributed by atoms with Gasteiger partial charge in [0, 0.05) is 11.6 Å². The molecule has 0 spiro atoms. The molecule has 0 aromatic carbocycles. The van der Waals surface area contributed by atoms with E-state index in [1.54, 1.807) is 0 Å². The molecule has 1 aliphatic rings. The Morgan fingerprint density at radius 1 is 1.28 bits per heavy atom. The van der Waals surface area contributed by atoms with Crippen LogP contribution in [0.15, 0.2) is 12.1 Å². The molecule has 1 aromatic rings. The topological polar surface area (TPSA) is 71.1 Å². The average Bonchev–Trinajstić information content (AvgIpc) is 3.08. The molecule has 1 fully saturated rings. The average molecular weight is 288 g/mol. The molecule has 2 rings (SSSR count). The Balaban J connectivity index is 1.88. The summed E-state index contributed by atoms with van der Waals surface area (Å²) < 4.78 is 0. The van der Waals surface area contributed by atoms with Crippen molar-refractivity contribution in [2.75, 3.05) is 6.54 Å². The van der Waals surface area contributed by atoms with E-state index < -0.39 is 5.91 Å². The number of carbonyl (C=O) groups is 2. The van der Waals surface area contributed by atoms with Crippen LogP contribution in [0.25, 0.3) is 0 Å². The Morgan fingerprint density at radius 2 is 1.89 bits per heavy atom. The van der Waals surface area contributed by atoms with Gasteiger partial charge in [-0.1, -0.05) is 23.2 Å². The maximum atomic E-state index is 11.7. The molecular weight excluding hydrogens is 277 g/mol. The lowest BCUT2D eigenvalue weighted by Crippen LogP contribution is -2.37. The molecule has 1 heterocycles. The van der Waals surface area contributed by atoms with Gasteiger partial charge < -0.3 is 10.6 Å². The first-order chi connectivity index (χ1) is 8.54. The van der Waals surface area contributed by atoms with Gasteiger partial charge in [0.15, 0.2) is 0 Å². The van der Waals surface area contributed by atoms with E-state index in [0.717, 1.165) is 12.8 Å². The fourth-order valence-electron chi connectivity index (χ4n) is 1.36. The molecule has 2 N–H and O–H groups in total. The van der Waals surface area contributed by atoms with Crippen LogP contribution in [0.4, 0.5) is 0 Å². The normalized spacial score (nSPS) is 14.1. The minimum atomic E-state index is -0.410. The van der Waals surface area contributed by atoms with E-state index in [1.807, 2.05) is 0 Å². The summed E-state index contributed by atoms with van der Waals surface area (Å²) >= 11 is 11.4. The second-order valence-corrected chi connectivity index (χ2v) is 4.80.